The monoisotopic (exact) mass is 634 g/mol. The van der Waals surface area contributed by atoms with E-state index in [1.54, 1.807) is 33.0 Å². The van der Waals surface area contributed by atoms with E-state index in [4.69, 9.17) is 10.8 Å². The number of halogens is 1. The molecule has 0 radical (unpaired) electrons. The predicted molar refractivity (Wildman–Crippen MR) is 180 cm³/mol. The van der Waals surface area contributed by atoms with E-state index < -0.39 is 11.9 Å². The SMILES string of the molecule is CC(=O)CCC(C)C.Cc1cc(C)c(-c2cc(C)c(F)c([C@@H](C)CC(=O)O)c2)c(C)c1.NC(=O)c1cn2c(n1)CN(C1CC1)CC2. The second-order valence-corrected chi connectivity index (χ2v) is 13.4. The number of carboxylic acids is 1. The van der Waals surface area contributed by atoms with Crippen LogP contribution in [0.25, 0.3) is 11.1 Å². The zero-order valence-corrected chi connectivity index (χ0v) is 28.7. The van der Waals surface area contributed by atoms with Crippen molar-refractivity contribution >= 4 is 17.7 Å². The van der Waals surface area contributed by atoms with Crippen molar-refractivity contribution in [1.29, 1.82) is 0 Å². The first-order valence-electron chi connectivity index (χ1n) is 16.3. The molecule has 2 aromatic carbocycles. The molecule has 0 saturated heterocycles. The fourth-order valence-corrected chi connectivity index (χ4v) is 5.94. The van der Waals surface area contributed by atoms with Crippen LogP contribution < -0.4 is 5.73 Å². The Kier molecular flexibility index (Phi) is 12.8. The second-order valence-electron chi connectivity index (χ2n) is 13.4. The first-order chi connectivity index (χ1) is 21.6. The molecule has 5 rings (SSSR count). The Morgan fingerprint density at radius 2 is 1.63 bits per heavy atom. The first kappa shape index (κ1) is 36.6. The third-order valence-corrected chi connectivity index (χ3v) is 8.48. The van der Waals surface area contributed by atoms with Gasteiger partial charge in [0.25, 0.3) is 5.91 Å². The van der Waals surface area contributed by atoms with Crippen molar-refractivity contribution in [2.45, 2.75) is 113 Å². The molecule has 3 N–H and O–H groups in total. The highest BCUT2D eigenvalue weighted by Gasteiger charge is 2.32. The Labute approximate surface area is 273 Å². The lowest BCUT2D eigenvalue weighted by molar-refractivity contribution is -0.137. The fraction of sp³-hybridized carbons (Fsp3) is 0.514. The summed E-state index contributed by atoms with van der Waals surface area (Å²) in [6, 6.07) is 8.63. The number of nitrogens with two attached hydrogens (primary N) is 1. The molecule has 2 heterocycles. The number of hydrogen-bond acceptors (Lipinski definition) is 5. The van der Waals surface area contributed by atoms with Gasteiger partial charge in [-0.1, -0.05) is 38.5 Å². The highest BCUT2D eigenvalue weighted by molar-refractivity contribution is 5.90. The third-order valence-electron chi connectivity index (χ3n) is 8.48. The molecule has 3 aromatic rings. The summed E-state index contributed by atoms with van der Waals surface area (Å²) in [6.45, 7) is 18.4. The minimum Gasteiger partial charge on any atom is -0.481 e. The molecule has 1 fully saturated rings. The van der Waals surface area contributed by atoms with Gasteiger partial charge in [-0.2, -0.15) is 0 Å². The number of aryl methyl sites for hydroxylation is 4. The van der Waals surface area contributed by atoms with Crippen LogP contribution in [0.4, 0.5) is 4.39 Å². The summed E-state index contributed by atoms with van der Waals surface area (Å²) in [6.07, 6.45) is 6.09. The van der Waals surface area contributed by atoms with Crippen LogP contribution >= 0.6 is 0 Å². The van der Waals surface area contributed by atoms with Gasteiger partial charge in [0.2, 0.25) is 0 Å². The van der Waals surface area contributed by atoms with Crippen molar-refractivity contribution < 1.29 is 23.9 Å². The Balaban J connectivity index is 0.000000213. The first-order valence-corrected chi connectivity index (χ1v) is 16.3. The minimum atomic E-state index is -0.914. The number of Topliss-reactive ketones (excluding diaryl/α,β-unsaturated/α-hetero) is 1. The summed E-state index contributed by atoms with van der Waals surface area (Å²) in [7, 11) is 0. The highest BCUT2D eigenvalue weighted by Crippen LogP contribution is 2.34. The molecule has 0 unspecified atom stereocenters. The van der Waals surface area contributed by atoms with Crippen molar-refractivity contribution in [3.63, 3.8) is 0 Å². The summed E-state index contributed by atoms with van der Waals surface area (Å²) in [4.78, 5) is 39.0. The van der Waals surface area contributed by atoms with Crippen LogP contribution in [0.1, 0.15) is 110 Å². The van der Waals surface area contributed by atoms with Crippen LogP contribution in [0.5, 0.6) is 0 Å². The summed E-state index contributed by atoms with van der Waals surface area (Å²) in [5.41, 5.74) is 12.2. The lowest BCUT2D eigenvalue weighted by atomic mass is 9.88. The number of benzene rings is 2. The average molecular weight is 635 g/mol. The quantitative estimate of drug-likeness (QED) is 0.256. The van der Waals surface area contributed by atoms with Crippen molar-refractivity contribution in [2.75, 3.05) is 6.54 Å². The van der Waals surface area contributed by atoms with Crippen molar-refractivity contribution in [1.82, 2.24) is 14.5 Å². The normalized spacial score (nSPS) is 14.8. The molecule has 2 aliphatic rings. The van der Waals surface area contributed by atoms with E-state index in [1.807, 2.05) is 24.5 Å². The van der Waals surface area contributed by atoms with Gasteiger partial charge in [-0.15, -0.1) is 0 Å². The summed E-state index contributed by atoms with van der Waals surface area (Å²) in [5.74, 6) is -0.0702. The maximum absolute atomic E-state index is 14.5. The van der Waals surface area contributed by atoms with Gasteiger partial charge in [0.05, 0.1) is 13.0 Å². The number of aromatic nitrogens is 2. The molecule has 1 saturated carbocycles. The van der Waals surface area contributed by atoms with Gasteiger partial charge in [0.15, 0.2) is 0 Å². The molecular formula is C37H51FN4O4. The zero-order valence-electron chi connectivity index (χ0n) is 28.7. The van der Waals surface area contributed by atoms with Gasteiger partial charge in [-0.3, -0.25) is 14.5 Å². The summed E-state index contributed by atoms with van der Waals surface area (Å²) >= 11 is 0. The zero-order chi connectivity index (χ0) is 34.3. The van der Waals surface area contributed by atoms with Crippen molar-refractivity contribution in [3.05, 3.63) is 75.6 Å². The van der Waals surface area contributed by atoms with E-state index in [0.29, 0.717) is 28.5 Å². The molecule has 1 aliphatic carbocycles. The molecule has 1 aliphatic heterocycles. The number of fused-ring (bicyclic) bond motifs is 1. The lowest BCUT2D eigenvalue weighted by Crippen LogP contribution is -2.35. The van der Waals surface area contributed by atoms with Gasteiger partial charge in [-0.05, 0) is 111 Å². The van der Waals surface area contributed by atoms with Crippen LogP contribution in [0.2, 0.25) is 0 Å². The smallest absolute Gasteiger partial charge is 0.303 e. The average Bonchev–Trinajstić information content (AvgIpc) is 3.71. The molecular weight excluding hydrogens is 583 g/mol. The van der Waals surface area contributed by atoms with Gasteiger partial charge in [0.1, 0.15) is 23.1 Å². The number of ketones is 1. The second kappa shape index (κ2) is 16.1. The molecule has 9 heteroatoms. The summed E-state index contributed by atoms with van der Waals surface area (Å²) in [5, 5.41) is 8.99. The molecule has 1 atom stereocenters. The molecule has 1 aromatic heterocycles. The fourth-order valence-electron chi connectivity index (χ4n) is 5.94. The lowest BCUT2D eigenvalue weighted by Gasteiger charge is -2.27. The van der Waals surface area contributed by atoms with E-state index in [-0.39, 0.29) is 18.2 Å². The number of aliphatic carboxylic acids is 1. The van der Waals surface area contributed by atoms with Gasteiger partial charge < -0.3 is 20.2 Å². The van der Waals surface area contributed by atoms with E-state index in [2.05, 4.69) is 42.8 Å². The number of amides is 1. The van der Waals surface area contributed by atoms with E-state index in [1.165, 1.54) is 18.4 Å². The van der Waals surface area contributed by atoms with Crippen LogP contribution in [0.15, 0.2) is 30.5 Å². The van der Waals surface area contributed by atoms with Crippen molar-refractivity contribution in [2.24, 2.45) is 11.7 Å². The highest BCUT2D eigenvalue weighted by atomic mass is 19.1. The van der Waals surface area contributed by atoms with Crippen LogP contribution in [-0.2, 0) is 22.7 Å². The van der Waals surface area contributed by atoms with Gasteiger partial charge in [0, 0.05) is 31.7 Å². The van der Waals surface area contributed by atoms with Crippen LogP contribution in [0.3, 0.4) is 0 Å². The molecule has 0 bridgehead atoms. The number of nitrogens with zero attached hydrogens (tertiary/aromatic N) is 3. The van der Waals surface area contributed by atoms with Gasteiger partial charge >= 0.3 is 5.97 Å². The standard InChI is InChI=1S/C20H23FO2.C10H14N4O.C7H14O/c1-11-6-13(3)19(14(4)7-11)16-8-15(5)20(21)17(10-16)12(2)9-18(22)23;11-10(15)8-5-14-4-3-13(7-1-2-7)6-9(14)12-8;1-6(2)4-5-7(3)8/h6-8,10,12H,9H2,1-5H3,(H,22,23);5,7H,1-4,6H2,(H2,11,15);6H,4-5H2,1-3H3/t12-;;/m0../s1. The van der Waals surface area contributed by atoms with E-state index in [0.717, 1.165) is 66.6 Å². The number of primary amides is 1. The predicted octanol–water partition coefficient (Wildman–Crippen LogP) is 7.28. The Morgan fingerprint density at radius 3 is 2.13 bits per heavy atom. The number of carbonyl (C=O) groups excluding carboxylic acids is 2. The molecule has 250 valence electrons. The Bertz CT molecular complexity index is 1530. The molecule has 0 spiro atoms. The molecule has 1 amide bonds. The van der Waals surface area contributed by atoms with Crippen molar-refractivity contribution in [3.8, 4) is 11.1 Å². The largest absolute Gasteiger partial charge is 0.481 e. The van der Waals surface area contributed by atoms with E-state index >= 15 is 0 Å². The molecule has 8 nitrogen and oxygen atoms in total. The Hall–Kier alpha value is -3.85. The van der Waals surface area contributed by atoms with E-state index in [9.17, 15) is 18.8 Å². The third kappa shape index (κ3) is 10.3. The Morgan fingerprint density at radius 1 is 1.00 bits per heavy atom. The van der Waals surface area contributed by atoms with Gasteiger partial charge in [-0.25, -0.2) is 9.37 Å². The number of carboxylic acid groups (broad SMARTS) is 1. The minimum absolute atomic E-state index is 0.0777. The summed E-state index contributed by atoms with van der Waals surface area (Å²) < 4.78 is 16.5. The van der Waals surface area contributed by atoms with Crippen LogP contribution in [0, 0.1) is 39.4 Å². The van der Waals surface area contributed by atoms with Crippen LogP contribution in [-0.4, -0.2) is 49.8 Å². The molecule has 46 heavy (non-hydrogen) atoms. The number of imidazole rings is 1. The maximum Gasteiger partial charge on any atom is 0.303 e. The number of rotatable bonds is 9. The topological polar surface area (TPSA) is 119 Å². The maximum atomic E-state index is 14.5. The number of carbonyl (C=O) groups is 3. The number of hydrogen-bond donors (Lipinski definition) is 2.